The van der Waals surface area contributed by atoms with Gasteiger partial charge in [-0.15, -0.1) is 0 Å². The number of carbonyl (C=O) groups is 2. The summed E-state index contributed by atoms with van der Waals surface area (Å²) in [6.07, 6.45) is 1.91. The van der Waals surface area contributed by atoms with Crippen molar-refractivity contribution in [1.82, 2.24) is 0 Å². The first-order valence-corrected chi connectivity index (χ1v) is 5.75. The highest BCUT2D eigenvalue weighted by atomic mass is 32.2. The number of aldehydes is 1. The van der Waals surface area contributed by atoms with Gasteiger partial charge in [-0.3, -0.25) is 4.79 Å². The number of benzene rings is 1. The summed E-state index contributed by atoms with van der Waals surface area (Å²) >= 11 is -1.52. The van der Waals surface area contributed by atoms with Crippen LogP contribution in [0.4, 0.5) is 0 Å². The molecule has 1 aromatic carbocycles. The molecule has 6 heteroatoms. The van der Waals surface area contributed by atoms with E-state index in [1.165, 1.54) is 31.6 Å². The smallest absolute Gasteiger partial charge is 0.338 e. The highest BCUT2D eigenvalue weighted by molar-refractivity contribution is 7.79. The van der Waals surface area contributed by atoms with Crippen molar-refractivity contribution in [2.75, 3.05) is 13.4 Å². The Kier molecular flexibility index (Phi) is 4.19. The van der Waals surface area contributed by atoms with E-state index in [2.05, 4.69) is 4.74 Å². The van der Waals surface area contributed by atoms with Crippen LogP contribution < -0.4 is 4.18 Å². The zero-order valence-electron chi connectivity index (χ0n) is 8.76. The number of hydrogen-bond donors (Lipinski definition) is 0. The van der Waals surface area contributed by atoms with Crippen LogP contribution in [0.25, 0.3) is 0 Å². The maximum Gasteiger partial charge on any atom is 0.338 e. The van der Waals surface area contributed by atoms with Crippen LogP contribution >= 0.6 is 0 Å². The molecule has 0 aliphatic carbocycles. The topological polar surface area (TPSA) is 69.7 Å². The lowest BCUT2D eigenvalue weighted by molar-refractivity contribution is 0.0600. The van der Waals surface area contributed by atoms with Gasteiger partial charge in [0, 0.05) is 11.8 Å². The summed E-state index contributed by atoms with van der Waals surface area (Å²) in [5, 5.41) is 0. The Labute approximate surface area is 95.0 Å². The molecule has 0 aromatic heterocycles. The highest BCUT2D eigenvalue weighted by Crippen LogP contribution is 2.17. The summed E-state index contributed by atoms with van der Waals surface area (Å²) in [5.74, 6) is -0.402. The molecule has 0 saturated heterocycles. The molecule has 1 rings (SSSR count). The predicted molar refractivity (Wildman–Crippen MR) is 57.9 cm³/mol. The van der Waals surface area contributed by atoms with Crippen LogP contribution in [-0.4, -0.2) is 29.8 Å². The van der Waals surface area contributed by atoms with Gasteiger partial charge < -0.3 is 8.92 Å². The largest absolute Gasteiger partial charge is 0.465 e. The molecule has 16 heavy (non-hydrogen) atoms. The standard InChI is InChI=1S/C10H10O5S/c1-14-10(12)8-3-7(6-11)4-9(5-8)15-16(2)13/h3-6H,1-2H3. The monoisotopic (exact) mass is 242 g/mol. The van der Waals surface area contributed by atoms with E-state index >= 15 is 0 Å². The van der Waals surface area contributed by atoms with E-state index in [0.29, 0.717) is 6.29 Å². The second kappa shape index (κ2) is 5.41. The third-order valence-corrected chi connectivity index (χ3v) is 2.13. The van der Waals surface area contributed by atoms with E-state index in [4.69, 9.17) is 4.18 Å². The summed E-state index contributed by atoms with van der Waals surface area (Å²) in [4.78, 5) is 21.9. The number of esters is 1. The Balaban J connectivity index is 3.15. The van der Waals surface area contributed by atoms with Crippen LogP contribution in [0, 0.1) is 0 Å². The van der Waals surface area contributed by atoms with E-state index in [1.807, 2.05) is 0 Å². The van der Waals surface area contributed by atoms with Crippen LogP contribution in [0.3, 0.4) is 0 Å². The van der Waals surface area contributed by atoms with Gasteiger partial charge >= 0.3 is 5.97 Å². The minimum atomic E-state index is -1.52. The molecule has 1 aromatic rings. The van der Waals surface area contributed by atoms with Crippen molar-refractivity contribution in [3.8, 4) is 5.75 Å². The molecule has 0 bridgehead atoms. The fourth-order valence-corrected chi connectivity index (χ4v) is 1.48. The third kappa shape index (κ3) is 3.16. The van der Waals surface area contributed by atoms with E-state index in [0.717, 1.165) is 0 Å². The highest BCUT2D eigenvalue weighted by Gasteiger charge is 2.10. The first-order chi connectivity index (χ1) is 7.56. The predicted octanol–water partition coefficient (Wildman–Crippen LogP) is 0.958. The molecular weight excluding hydrogens is 232 g/mol. The first kappa shape index (κ1) is 12.4. The van der Waals surface area contributed by atoms with Crippen molar-refractivity contribution in [3.63, 3.8) is 0 Å². The molecule has 0 N–H and O–H groups in total. The molecule has 0 aliphatic rings. The number of carbonyl (C=O) groups excluding carboxylic acids is 2. The third-order valence-electron chi connectivity index (χ3n) is 1.70. The summed E-state index contributed by atoms with van der Waals surface area (Å²) in [5.41, 5.74) is 0.427. The molecule has 0 radical (unpaired) electrons. The number of rotatable bonds is 4. The first-order valence-electron chi connectivity index (χ1n) is 4.27. The molecule has 1 unspecified atom stereocenters. The van der Waals surface area contributed by atoms with E-state index in [1.54, 1.807) is 0 Å². The number of methoxy groups -OCH3 is 1. The molecular formula is C10H10O5S. The second-order valence-corrected chi connectivity index (χ2v) is 3.85. The van der Waals surface area contributed by atoms with Crippen LogP contribution in [0.15, 0.2) is 18.2 Å². The molecule has 0 amide bonds. The van der Waals surface area contributed by atoms with Crippen molar-refractivity contribution in [2.24, 2.45) is 0 Å². The van der Waals surface area contributed by atoms with Gasteiger partial charge in [-0.25, -0.2) is 9.00 Å². The van der Waals surface area contributed by atoms with Crippen LogP contribution in [0.2, 0.25) is 0 Å². The Morgan fingerprint density at radius 2 is 2.06 bits per heavy atom. The van der Waals surface area contributed by atoms with Crippen molar-refractivity contribution >= 4 is 23.3 Å². The van der Waals surface area contributed by atoms with E-state index in [-0.39, 0.29) is 16.9 Å². The van der Waals surface area contributed by atoms with E-state index < -0.39 is 17.0 Å². The van der Waals surface area contributed by atoms with Gasteiger partial charge in [0.1, 0.15) is 12.0 Å². The molecule has 0 saturated carbocycles. The Morgan fingerprint density at radius 1 is 1.38 bits per heavy atom. The molecule has 0 aliphatic heterocycles. The fourth-order valence-electron chi connectivity index (χ4n) is 1.11. The van der Waals surface area contributed by atoms with Gasteiger partial charge in [-0.05, 0) is 18.2 Å². The average Bonchev–Trinajstić information content (AvgIpc) is 2.26. The Hall–Kier alpha value is -1.69. The molecule has 86 valence electrons. The normalized spacial score (nSPS) is 11.6. The van der Waals surface area contributed by atoms with Gasteiger partial charge in [0.2, 0.25) is 11.1 Å². The molecule has 0 fully saturated rings. The van der Waals surface area contributed by atoms with Crippen LogP contribution in [-0.2, 0) is 15.8 Å². The SMILES string of the molecule is COC(=O)c1cc(C=O)cc(OS(C)=O)c1. The molecule has 0 heterocycles. The summed E-state index contributed by atoms with van der Waals surface area (Å²) in [6.45, 7) is 0. The van der Waals surface area contributed by atoms with Crippen molar-refractivity contribution in [3.05, 3.63) is 29.3 Å². The van der Waals surface area contributed by atoms with Gasteiger partial charge in [0.15, 0.2) is 0 Å². The van der Waals surface area contributed by atoms with Crippen LogP contribution in [0.5, 0.6) is 5.75 Å². The van der Waals surface area contributed by atoms with Gasteiger partial charge in [0.05, 0.1) is 12.7 Å². The number of ether oxygens (including phenoxy) is 1. The maximum atomic E-state index is 11.3. The minimum absolute atomic E-state index is 0.174. The number of hydrogen-bond acceptors (Lipinski definition) is 5. The minimum Gasteiger partial charge on any atom is -0.465 e. The summed E-state index contributed by atoms with van der Waals surface area (Å²) in [7, 11) is 1.23. The van der Waals surface area contributed by atoms with Crippen molar-refractivity contribution < 1.29 is 22.7 Å². The lowest BCUT2D eigenvalue weighted by atomic mass is 10.1. The lowest BCUT2D eigenvalue weighted by Gasteiger charge is -2.05. The zero-order valence-corrected chi connectivity index (χ0v) is 9.58. The van der Waals surface area contributed by atoms with E-state index in [9.17, 15) is 13.8 Å². The summed E-state index contributed by atoms with van der Waals surface area (Å²) < 4.78 is 20.3. The molecule has 1 atom stereocenters. The van der Waals surface area contributed by atoms with Gasteiger partial charge in [-0.1, -0.05) is 0 Å². The maximum absolute atomic E-state index is 11.3. The molecule has 5 nitrogen and oxygen atoms in total. The second-order valence-electron chi connectivity index (χ2n) is 2.88. The molecule has 0 spiro atoms. The zero-order chi connectivity index (χ0) is 12.1. The van der Waals surface area contributed by atoms with Crippen LogP contribution in [0.1, 0.15) is 20.7 Å². The Bertz CT molecular complexity index is 441. The fraction of sp³-hybridized carbons (Fsp3) is 0.200. The van der Waals surface area contributed by atoms with Gasteiger partial charge in [0.25, 0.3) is 0 Å². The lowest BCUT2D eigenvalue weighted by Crippen LogP contribution is -2.04. The average molecular weight is 242 g/mol. The quantitative estimate of drug-likeness (QED) is 0.581. The Morgan fingerprint density at radius 3 is 2.56 bits per heavy atom. The van der Waals surface area contributed by atoms with Crippen molar-refractivity contribution in [2.45, 2.75) is 0 Å². The van der Waals surface area contributed by atoms with Crippen molar-refractivity contribution in [1.29, 1.82) is 0 Å². The van der Waals surface area contributed by atoms with Gasteiger partial charge in [-0.2, -0.15) is 0 Å². The summed E-state index contributed by atoms with van der Waals surface area (Å²) in [6, 6.07) is 4.12.